The third-order valence-electron chi connectivity index (χ3n) is 3.57. The van der Waals surface area contributed by atoms with E-state index in [0.717, 1.165) is 28.6 Å². The van der Waals surface area contributed by atoms with Crippen LogP contribution in [0.5, 0.6) is 0 Å². The van der Waals surface area contributed by atoms with E-state index in [9.17, 15) is 10.1 Å². The van der Waals surface area contributed by atoms with Crippen LogP contribution in [0.25, 0.3) is 0 Å². The lowest BCUT2D eigenvalue weighted by Gasteiger charge is -2.14. The number of anilines is 2. The van der Waals surface area contributed by atoms with E-state index in [0.29, 0.717) is 5.03 Å². The van der Waals surface area contributed by atoms with Crippen molar-refractivity contribution >= 4 is 29.2 Å². The van der Waals surface area contributed by atoms with Gasteiger partial charge in [-0.2, -0.15) is 10.5 Å². The van der Waals surface area contributed by atoms with Gasteiger partial charge < -0.3 is 11.1 Å². The quantitative estimate of drug-likeness (QED) is 0.818. The number of nitrogens with one attached hydrogen (secondary N) is 1. The van der Waals surface area contributed by atoms with Crippen molar-refractivity contribution in [3.05, 3.63) is 46.5 Å². The highest BCUT2D eigenvalue weighted by Gasteiger charge is 2.19. The maximum absolute atomic E-state index is 12.5. The number of nitrogens with two attached hydrogens (primary N) is 1. The van der Waals surface area contributed by atoms with Gasteiger partial charge in [-0.25, -0.2) is 4.98 Å². The standard InChI is InChI=1S/C18H17N5OS/c1-10-4-5-11(2)15(6-10)22-17(24)12(3)25-18-14(9-20)7-13(8-19)16(21)23-18/h4-7,12H,1-3H3,(H2,21,23)(H,22,24)/t12-/m1/s1. The Morgan fingerprint density at radius 2 is 1.92 bits per heavy atom. The van der Waals surface area contributed by atoms with E-state index >= 15 is 0 Å². The molecule has 0 fully saturated rings. The van der Waals surface area contributed by atoms with E-state index in [1.165, 1.54) is 6.07 Å². The molecule has 0 saturated carbocycles. The molecule has 1 heterocycles. The van der Waals surface area contributed by atoms with Gasteiger partial charge >= 0.3 is 0 Å². The zero-order chi connectivity index (χ0) is 18.6. The number of nitrogen functional groups attached to an aromatic ring is 1. The van der Waals surface area contributed by atoms with Crippen molar-refractivity contribution < 1.29 is 4.79 Å². The van der Waals surface area contributed by atoms with Gasteiger partial charge in [0.25, 0.3) is 0 Å². The SMILES string of the molecule is Cc1ccc(C)c(NC(=O)[C@@H](C)Sc2nc(N)c(C#N)cc2C#N)c1. The molecular formula is C18H17N5OS. The smallest absolute Gasteiger partial charge is 0.237 e. The minimum atomic E-state index is -0.494. The summed E-state index contributed by atoms with van der Waals surface area (Å²) in [5.41, 5.74) is 8.85. The summed E-state index contributed by atoms with van der Waals surface area (Å²) in [5.74, 6) is -0.154. The van der Waals surface area contributed by atoms with Gasteiger partial charge in [0.15, 0.2) is 0 Å². The monoisotopic (exact) mass is 351 g/mol. The van der Waals surface area contributed by atoms with Gasteiger partial charge in [0.05, 0.1) is 16.4 Å². The molecule has 1 atom stereocenters. The zero-order valence-corrected chi connectivity index (χ0v) is 14.9. The van der Waals surface area contributed by atoms with Gasteiger partial charge in [-0.1, -0.05) is 23.9 Å². The van der Waals surface area contributed by atoms with Crippen LogP contribution >= 0.6 is 11.8 Å². The minimum absolute atomic E-state index is 0.0473. The molecule has 0 bridgehead atoms. The topological polar surface area (TPSA) is 116 Å². The number of carbonyl (C=O) groups excluding carboxylic acids is 1. The molecule has 3 N–H and O–H groups in total. The molecule has 0 radical (unpaired) electrons. The maximum atomic E-state index is 12.5. The molecule has 2 aromatic rings. The Bertz CT molecular complexity index is 911. The first-order valence-corrected chi connectivity index (χ1v) is 8.39. The first-order valence-electron chi connectivity index (χ1n) is 7.51. The van der Waals surface area contributed by atoms with E-state index in [4.69, 9.17) is 11.0 Å². The van der Waals surface area contributed by atoms with Gasteiger partial charge in [-0.15, -0.1) is 0 Å². The van der Waals surface area contributed by atoms with Crippen LogP contribution in [0, 0.1) is 36.5 Å². The van der Waals surface area contributed by atoms with E-state index in [-0.39, 0.29) is 22.9 Å². The number of rotatable bonds is 4. The van der Waals surface area contributed by atoms with Crippen LogP contribution in [0.3, 0.4) is 0 Å². The average molecular weight is 351 g/mol. The summed E-state index contributed by atoms with van der Waals surface area (Å²) in [6, 6.07) is 11.1. The normalized spacial score (nSPS) is 11.2. The highest BCUT2D eigenvalue weighted by Crippen LogP contribution is 2.28. The Morgan fingerprint density at radius 3 is 2.56 bits per heavy atom. The summed E-state index contributed by atoms with van der Waals surface area (Å²) >= 11 is 1.13. The Kier molecular flexibility index (Phi) is 5.63. The molecule has 6 nitrogen and oxygen atoms in total. The Labute approximate surface area is 150 Å². The molecule has 0 saturated heterocycles. The number of nitriles is 2. The summed E-state index contributed by atoms with van der Waals surface area (Å²) in [7, 11) is 0. The number of hydrogen-bond donors (Lipinski definition) is 2. The third kappa shape index (κ3) is 4.28. The summed E-state index contributed by atoms with van der Waals surface area (Å²) in [6.07, 6.45) is 0. The number of aromatic nitrogens is 1. The van der Waals surface area contributed by atoms with Crippen LogP contribution in [0.4, 0.5) is 11.5 Å². The van der Waals surface area contributed by atoms with E-state index in [1.54, 1.807) is 6.92 Å². The van der Waals surface area contributed by atoms with Crippen molar-refractivity contribution in [2.24, 2.45) is 0 Å². The van der Waals surface area contributed by atoms with Gasteiger partial charge in [-0.3, -0.25) is 4.79 Å². The molecule has 0 aliphatic heterocycles. The number of pyridine rings is 1. The molecule has 2 rings (SSSR count). The Balaban J connectivity index is 2.19. The molecule has 1 aromatic heterocycles. The van der Waals surface area contributed by atoms with E-state index in [1.807, 2.05) is 44.2 Å². The molecule has 0 aliphatic carbocycles. The van der Waals surface area contributed by atoms with Crippen LogP contribution in [0.15, 0.2) is 29.3 Å². The number of benzene rings is 1. The van der Waals surface area contributed by atoms with Gasteiger partial charge in [0.1, 0.15) is 23.0 Å². The van der Waals surface area contributed by atoms with Crippen molar-refractivity contribution in [3.8, 4) is 12.1 Å². The fourth-order valence-electron chi connectivity index (χ4n) is 2.10. The lowest BCUT2D eigenvalue weighted by molar-refractivity contribution is -0.115. The molecule has 7 heteroatoms. The number of nitrogens with zero attached hydrogens (tertiary/aromatic N) is 3. The predicted octanol–water partition coefficient (Wildman–Crippen LogP) is 3.14. The van der Waals surface area contributed by atoms with Gasteiger partial charge in [0.2, 0.25) is 5.91 Å². The van der Waals surface area contributed by atoms with Gasteiger partial charge in [0, 0.05) is 5.69 Å². The second-order valence-corrected chi connectivity index (χ2v) is 6.89. The van der Waals surface area contributed by atoms with E-state index < -0.39 is 5.25 Å². The maximum Gasteiger partial charge on any atom is 0.237 e. The van der Waals surface area contributed by atoms with Crippen molar-refractivity contribution in [2.45, 2.75) is 31.0 Å². The van der Waals surface area contributed by atoms with Crippen LogP contribution in [0.2, 0.25) is 0 Å². The van der Waals surface area contributed by atoms with Crippen molar-refractivity contribution in [1.82, 2.24) is 4.98 Å². The molecule has 0 unspecified atom stereocenters. The second-order valence-electron chi connectivity index (χ2n) is 5.57. The summed E-state index contributed by atoms with van der Waals surface area (Å²) < 4.78 is 0. The lowest BCUT2D eigenvalue weighted by atomic mass is 10.1. The number of carbonyl (C=O) groups is 1. The van der Waals surface area contributed by atoms with E-state index in [2.05, 4.69) is 10.3 Å². The Hall–Kier alpha value is -3.03. The first kappa shape index (κ1) is 18.3. The molecule has 25 heavy (non-hydrogen) atoms. The minimum Gasteiger partial charge on any atom is -0.383 e. The fourth-order valence-corrected chi connectivity index (χ4v) is 2.98. The summed E-state index contributed by atoms with van der Waals surface area (Å²) in [4.78, 5) is 16.6. The highest BCUT2D eigenvalue weighted by atomic mass is 32.2. The molecule has 0 aliphatic rings. The number of aryl methyl sites for hydroxylation is 2. The van der Waals surface area contributed by atoms with Crippen LogP contribution in [-0.2, 0) is 4.79 Å². The van der Waals surface area contributed by atoms with Crippen LogP contribution in [0.1, 0.15) is 29.2 Å². The zero-order valence-electron chi connectivity index (χ0n) is 14.1. The number of amides is 1. The van der Waals surface area contributed by atoms with Crippen molar-refractivity contribution in [1.29, 1.82) is 10.5 Å². The molecule has 0 spiro atoms. The van der Waals surface area contributed by atoms with Crippen LogP contribution < -0.4 is 11.1 Å². The van der Waals surface area contributed by atoms with Crippen molar-refractivity contribution in [3.63, 3.8) is 0 Å². The molecule has 1 aromatic carbocycles. The lowest BCUT2D eigenvalue weighted by Crippen LogP contribution is -2.23. The molecule has 126 valence electrons. The van der Waals surface area contributed by atoms with Crippen molar-refractivity contribution in [2.75, 3.05) is 11.1 Å². The third-order valence-corrected chi connectivity index (χ3v) is 4.67. The summed E-state index contributed by atoms with van der Waals surface area (Å²) in [6.45, 7) is 5.60. The van der Waals surface area contributed by atoms with Gasteiger partial charge in [-0.05, 0) is 44.0 Å². The Morgan fingerprint density at radius 1 is 1.24 bits per heavy atom. The average Bonchev–Trinajstić information content (AvgIpc) is 2.58. The first-order chi connectivity index (χ1) is 11.8. The predicted molar refractivity (Wildman–Crippen MR) is 97.9 cm³/mol. The largest absolute Gasteiger partial charge is 0.383 e. The summed E-state index contributed by atoms with van der Waals surface area (Å²) in [5, 5.41) is 20.9. The van der Waals surface area contributed by atoms with Crippen LogP contribution in [-0.4, -0.2) is 16.1 Å². The second kappa shape index (κ2) is 7.69. The molecule has 1 amide bonds. The highest BCUT2D eigenvalue weighted by molar-refractivity contribution is 8.00. The fraction of sp³-hybridized carbons (Fsp3) is 0.222. The molecular weight excluding hydrogens is 334 g/mol. The number of thioether (sulfide) groups is 1. The number of hydrogen-bond acceptors (Lipinski definition) is 6.